The van der Waals surface area contributed by atoms with Crippen molar-refractivity contribution in [3.05, 3.63) is 34.6 Å². The van der Waals surface area contributed by atoms with E-state index in [4.69, 9.17) is 11.6 Å². The number of carbonyl (C=O) groups is 2. The minimum absolute atomic E-state index is 0.0235. The molecule has 0 bridgehead atoms. The van der Waals surface area contributed by atoms with E-state index >= 15 is 0 Å². The van der Waals surface area contributed by atoms with Crippen molar-refractivity contribution in [1.82, 2.24) is 4.90 Å². The topological polar surface area (TPSA) is 57.6 Å². The SMILES string of the molecule is CCN(C(C)=O)C(C)(C(=O)O)c1ccc(F)cc1Cl. The lowest BCUT2D eigenvalue weighted by molar-refractivity contribution is -0.158. The lowest BCUT2D eigenvalue weighted by Crippen LogP contribution is -2.52. The van der Waals surface area contributed by atoms with E-state index < -0.39 is 23.2 Å². The van der Waals surface area contributed by atoms with E-state index in [-0.39, 0.29) is 17.1 Å². The standard InChI is InChI=1S/C13H15ClFNO3/c1-4-16(8(2)17)13(3,12(18)19)10-6-5-9(15)7-11(10)14/h5-7H,4H2,1-3H3,(H,18,19). The van der Waals surface area contributed by atoms with Gasteiger partial charge in [-0.1, -0.05) is 17.7 Å². The molecule has 0 aliphatic rings. The van der Waals surface area contributed by atoms with E-state index in [0.29, 0.717) is 0 Å². The van der Waals surface area contributed by atoms with Gasteiger partial charge in [-0.25, -0.2) is 9.18 Å². The second-order valence-corrected chi connectivity index (χ2v) is 4.67. The van der Waals surface area contributed by atoms with Crippen molar-refractivity contribution in [3.8, 4) is 0 Å². The summed E-state index contributed by atoms with van der Waals surface area (Å²) in [5.41, 5.74) is -1.45. The van der Waals surface area contributed by atoms with E-state index in [0.717, 1.165) is 12.1 Å². The smallest absolute Gasteiger partial charge is 0.334 e. The molecule has 104 valence electrons. The molecule has 0 aliphatic heterocycles. The minimum Gasteiger partial charge on any atom is -0.479 e. The van der Waals surface area contributed by atoms with Gasteiger partial charge in [-0.15, -0.1) is 0 Å². The van der Waals surface area contributed by atoms with Crippen LogP contribution in [0.4, 0.5) is 4.39 Å². The van der Waals surface area contributed by atoms with Gasteiger partial charge in [-0.05, 0) is 26.0 Å². The third kappa shape index (κ3) is 2.71. The van der Waals surface area contributed by atoms with Crippen LogP contribution in [0.25, 0.3) is 0 Å². The van der Waals surface area contributed by atoms with Gasteiger partial charge in [-0.2, -0.15) is 0 Å². The Labute approximate surface area is 115 Å². The van der Waals surface area contributed by atoms with Crippen LogP contribution in [0.3, 0.4) is 0 Å². The Morgan fingerprint density at radius 2 is 2.05 bits per heavy atom. The Morgan fingerprint density at radius 3 is 2.42 bits per heavy atom. The second kappa shape index (κ2) is 5.57. The lowest BCUT2D eigenvalue weighted by atomic mass is 9.89. The van der Waals surface area contributed by atoms with Crippen LogP contribution in [0, 0.1) is 5.82 Å². The highest BCUT2D eigenvalue weighted by Gasteiger charge is 2.43. The predicted octanol–water partition coefficient (Wildman–Crippen LogP) is 2.65. The van der Waals surface area contributed by atoms with Crippen LogP contribution in [-0.4, -0.2) is 28.4 Å². The van der Waals surface area contributed by atoms with Gasteiger partial charge >= 0.3 is 5.97 Å². The number of rotatable bonds is 4. The molecule has 0 spiro atoms. The van der Waals surface area contributed by atoms with Crippen molar-refractivity contribution < 1.29 is 19.1 Å². The summed E-state index contributed by atoms with van der Waals surface area (Å²) in [4.78, 5) is 24.4. The van der Waals surface area contributed by atoms with Crippen LogP contribution in [0.15, 0.2) is 18.2 Å². The molecule has 0 saturated carbocycles. The first kappa shape index (κ1) is 15.4. The van der Waals surface area contributed by atoms with Gasteiger partial charge in [0.1, 0.15) is 5.82 Å². The number of nitrogens with zero attached hydrogens (tertiary/aromatic N) is 1. The number of aliphatic carboxylic acids is 1. The Balaban J connectivity index is 3.49. The molecule has 0 radical (unpaired) electrons. The molecule has 0 fully saturated rings. The molecule has 1 aromatic carbocycles. The normalized spacial score (nSPS) is 13.7. The molecule has 1 amide bonds. The molecular weight excluding hydrogens is 273 g/mol. The summed E-state index contributed by atoms with van der Waals surface area (Å²) in [7, 11) is 0. The van der Waals surface area contributed by atoms with Crippen molar-refractivity contribution >= 4 is 23.5 Å². The van der Waals surface area contributed by atoms with Gasteiger partial charge in [0.25, 0.3) is 0 Å². The number of carboxylic acid groups (broad SMARTS) is 1. The Bertz CT molecular complexity index is 521. The number of benzene rings is 1. The molecule has 0 aromatic heterocycles. The van der Waals surface area contributed by atoms with Crippen LogP contribution < -0.4 is 0 Å². The van der Waals surface area contributed by atoms with Crippen LogP contribution >= 0.6 is 11.6 Å². The number of hydrogen-bond acceptors (Lipinski definition) is 2. The number of carbonyl (C=O) groups excluding carboxylic acids is 1. The fourth-order valence-electron chi connectivity index (χ4n) is 2.11. The average molecular weight is 288 g/mol. The molecule has 1 rings (SSSR count). The average Bonchev–Trinajstić information content (AvgIpc) is 2.28. The van der Waals surface area contributed by atoms with E-state index in [9.17, 15) is 19.1 Å². The summed E-state index contributed by atoms with van der Waals surface area (Å²) >= 11 is 5.92. The van der Waals surface area contributed by atoms with E-state index in [1.54, 1.807) is 6.92 Å². The summed E-state index contributed by atoms with van der Waals surface area (Å²) in [6, 6.07) is 3.44. The molecule has 0 heterocycles. The van der Waals surface area contributed by atoms with Crippen LogP contribution in [0.5, 0.6) is 0 Å². The summed E-state index contributed by atoms with van der Waals surface area (Å²) in [6.45, 7) is 4.52. The molecule has 1 unspecified atom stereocenters. The molecule has 19 heavy (non-hydrogen) atoms. The fourth-order valence-corrected chi connectivity index (χ4v) is 2.47. The molecule has 6 heteroatoms. The zero-order valence-electron chi connectivity index (χ0n) is 10.9. The van der Waals surface area contributed by atoms with Gasteiger partial charge < -0.3 is 10.0 Å². The molecule has 4 nitrogen and oxygen atoms in total. The van der Waals surface area contributed by atoms with Crippen molar-refractivity contribution in [3.63, 3.8) is 0 Å². The Hall–Kier alpha value is -1.62. The monoisotopic (exact) mass is 287 g/mol. The third-order valence-electron chi connectivity index (χ3n) is 3.11. The van der Waals surface area contributed by atoms with E-state index in [1.165, 1.54) is 24.8 Å². The fraction of sp³-hybridized carbons (Fsp3) is 0.385. The highest BCUT2D eigenvalue weighted by molar-refractivity contribution is 6.31. The lowest BCUT2D eigenvalue weighted by Gasteiger charge is -2.37. The first-order valence-electron chi connectivity index (χ1n) is 5.72. The molecule has 0 saturated heterocycles. The number of halogens is 2. The van der Waals surface area contributed by atoms with E-state index in [2.05, 4.69) is 0 Å². The maximum atomic E-state index is 13.1. The summed E-state index contributed by atoms with van der Waals surface area (Å²) in [5.74, 6) is -2.18. The van der Waals surface area contributed by atoms with Gasteiger partial charge in [0.15, 0.2) is 5.54 Å². The van der Waals surface area contributed by atoms with Gasteiger partial charge in [0, 0.05) is 24.1 Å². The summed E-state index contributed by atoms with van der Waals surface area (Å²) < 4.78 is 13.1. The number of hydrogen-bond donors (Lipinski definition) is 1. The third-order valence-corrected chi connectivity index (χ3v) is 3.42. The molecule has 1 atom stereocenters. The zero-order valence-corrected chi connectivity index (χ0v) is 11.7. The van der Waals surface area contributed by atoms with Crippen molar-refractivity contribution in [2.24, 2.45) is 0 Å². The first-order valence-corrected chi connectivity index (χ1v) is 6.10. The molecule has 1 N–H and O–H groups in total. The zero-order chi connectivity index (χ0) is 14.8. The van der Waals surface area contributed by atoms with Crippen LogP contribution in [0.2, 0.25) is 5.02 Å². The molecule has 1 aromatic rings. The highest BCUT2D eigenvalue weighted by atomic mass is 35.5. The first-order chi connectivity index (χ1) is 8.75. The van der Waals surface area contributed by atoms with Crippen LogP contribution in [-0.2, 0) is 15.1 Å². The van der Waals surface area contributed by atoms with Gasteiger partial charge in [-0.3, -0.25) is 4.79 Å². The second-order valence-electron chi connectivity index (χ2n) is 4.26. The minimum atomic E-state index is -1.63. The largest absolute Gasteiger partial charge is 0.479 e. The number of carboxylic acids is 1. The van der Waals surface area contributed by atoms with Crippen molar-refractivity contribution in [1.29, 1.82) is 0 Å². The summed E-state index contributed by atoms with van der Waals surface area (Å²) in [5, 5.41) is 9.46. The van der Waals surface area contributed by atoms with E-state index in [1.807, 2.05) is 0 Å². The number of amides is 1. The van der Waals surface area contributed by atoms with Crippen LogP contribution in [0.1, 0.15) is 26.3 Å². The predicted molar refractivity (Wildman–Crippen MR) is 69.5 cm³/mol. The Kier molecular flexibility index (Phi) is 4.52. The highest BCUT2D eigenvalue weighted by Crippen LogP contribution is 2.34. The van der Waals surface area contributed by atoms with Gasteiger partial charge in [0.05, 0.1) is 0 Å². The van der Waals surface area contributed by atoms with Crippen molar-refractivity contribution in [2.75, 3.05) is 6.54 Å². The summed E-state index contributed by atoms with van der Waals surface area (Å²) in [6.07, 6.45) is 0. The number of likely N-dealkylation sites (N-methyl/N-ethyl adjacent to an activating group) is 1. The van der Waals surface area contributed by atoms with Crippen molar-refractivity contribution in [2.45, 2.75) is 26.3 Å². The molecule has 0 aliphatic carbocycles. The maximum absolute atomic E-state index is 13.1. The quantitative estimate of drug-likeness (QED) is 0.926. The van der Waals surface area contributed by atoms with Gasteiger partial charge in [0.2, 0.25) is 5.91 Å². The maximum Gasteiger partial charge on any atom is 0.334 e. The molecular formula is C13H15ClFNO3. The Morgan fingerprint density at radius 1 is 1.47 bits per heavy atom.